The van der Waals surface area contributed by atoms with E-state index >= 15 is 0 Å². The van der Waals surface area contributed by atoms with E-state index in [0.29, 0.717) is 18.9 Å². The largest absolute Gasteiger partial charge is 0.372 e. The standard InChI is InChI=1S/C22H34ClN3O2/c1-3-28-22(6-4-5-21(27)24-2)25-13-16-26-14-11-19(12-15-26)17-18-7-9-20(23)10-8-18/h4,6-7,9-11,18,21-22,25,27H,2-3,5,8,12-17H2,1H3/b6-4+. The van der Waals surface area contributed by atoms with Crippen LogP contribution in [-0.4, -0.2) is 62.0 Å². The smallest absolute Gasteiger partial charge is 0.147 e. The summed E-state index contributed by atoms with van der Waals surface area (Å²) in [5, 5.41) is 13.7. The van der Waals surface area contributed by atoms with Crippen molar-refractivity contribution in [2.75, 3.05) is 32.8 Å². The van der Waals surface area contributed by atoms with Crippen molar-refractivity contribution in [3.63, 3.8) is 0 Å². The minimum Gasteiger partial charge on any atom is -0.372 e. The van der Waals surface area contributed by atoms with Crippen LogP contribution in [0.2, 0.25) is 0 Å². The first-order chi connectivity index (χ1) is 13.6. The van der Waals surface area contributed by atoms with Crippen LogP contribution in [0.4, 0.5) is 0 Å². The van der Waals surface area contributed by atoms with Gasteiger partial charge in [-0.3, -0.25) is 15.2 Å². The number of rotatable bonds is 12. The molecule has 0 aromatic heterocycles. The normalized spacial score (nSPS) is 22.8. The Kier molecular flexibility index (Phi) is 10.8. The topological polar surface area (TPSA) is 57.1 Å². The maximum Gasteiger partial charge on any atom is 0.147 e. The van der Waals surface area contributed by atoms with Gasteiger partial charge < -0.3 is 9.84 Å². The molecule has 3 unspecified atom stereocenters. The van der Waals surface area contributed by atoms with Crippen LogP contribution in [0.5, 0.6) is 0 Å². The summed E-state index contributed by atoms with van der Waals surface area (Å²) in [5.41, 5.74) is 1.56. The van der Waals surface area contributed by atoms with Gasteiger partial charge >= 0.3 is 0 Å². The summed E-state index contributed by atoms with van der Waals surface area (Å²) < 4.78 is 5.68. The van der Waals surface area contributed by atoms with Crippen LogP contribution >= 0.6 is 11.6 Å². The minimum absolute atomic E-state index is 0.143. The van der Waals surface area contributed by atoms with Gasteiger partial charge in [-0.2, -0.15) is 0 Å². The highest BCUT2D eigenvalue weighted by Gasteiger charge is 2.15. The molecular weight excluding hydrogens is 374 g/mol. The Hall–Kier alpha value is -1.24. The number of ether oxygens (including phenoxy) is 1. The second-order valence-electron chi connectivity index (χ2n) is 7.22. The van der Waals surface area contributed by atoms with E-state index in [1.807, 2.05) is 25.2 Å². The molecule has 0 aromatic rings. The van der Waals surface area contributed by atoms with Crippen molar-refractivity contribution in [3.05, 3.63) is 47.1 Å². The van der Waals surface area contributed by atoms with Crippen molar-refractivity contribution in [2.24, 2.45) is 10.9 Å². The predicted molar refractivity (Wildman–Crippen MR) is 118 cm³/mol. The van der Waals surface area contributed by atoms with Crippen molar-refractivity contribution in [3.8, 4) is 0 Å². The first-order valence-corrected chi connectivity index (χ1v) is 10.6. The van der Waals surface area contributed by atoms with E-state index in [9.17, 15) is 5.11 Å². The number of aliphatic hydroxyl groups is 1. The zero-order valence-electron chi connectivity index (χ0n) is 16.9. The highest BCUT2D eigenvalue weighted by atomic mass is 35.5. The second kappa shape index (κ2) is 13.1. The van der Waals surface area contributed by atoms with Crippen molar-refractivity contribution in [1.29, 1.82) is 0 Å². The highest BCUT2D eigenvalue weighted by Crippen LogP contribution is 2.26. The maximum atomic E-state index is 9.42. The molecule has 1 aliphatic heterocycles. The average molecular weight is 408 g/mol. The van der Waals surface area contributed by atoms with Crippen molar-refractivity contribution >= 4 is 18.3 Å². The van der Waals surface area contributed by atoms with E-state index in [1.165, 1.54) is 0 Å². The average Bonchev–Trinajstić information content (AvgIpc) is 2.71. The lowest BCUT2D eigenvalue weighted by Gasteiger charge is -2.28. The molecule has 1 heterocycles. The lowest BCUT2D eigenvalue weighted by molar-refractivity contribution is 0.0698. The molecule has 0 radical (unpaired) electrons. The van der Waals surface area contributed by atoms with Crippen LogP contribution in [0.25, 0.3) is 0 Å². The molecule has 6 heteroatoms. The molecule has 0 amide bonds. The first-order valence-electron chi connectivity index (χ1n) is 10.2. The fourth-order valence-corrected chi connectivity index (χ4v) is 3.56. The molecule has 2 rings (SSSR count). The molecule has 156 valence electrons. The van der Waals surface area contributed by atoms with Gasteiger partial charge in [0.15, 0.2) is 0 Å². The lowest BCUT2D eigenvalue weighted by atomic mass is 9.90. The quantitative estimate of drug-likeness (QED) is 0.294. The Bertz CT molecular complexity index is 601. The third-order valence-corrected chi connectivity index (χ3v) is 5.32. The molecule has 1 aliphatic carbocycles. The summed E-state index contributed by atoms with van der Waals surface area (Å²) in [6.45, 7) is 9.90. The number of aliphatic hydroxyl groups excluding tert-OH is 1. The van der Waals surface area contributed by atoms with Gasteiger partial charge in [0.05, 0.1) is 0 Å². The fourth-order valence-electron chi connectivity index (χ4n) is 3.39. The Morgan fingerprint density at radius 1 is 1.50 bits per heavy atom. The molecular formula is C22H34ClN3O2. The number of halogens is 1. The molecule has 28 heavy (non-hydrogen) atoms. The van der Waals surface area contributed by atoms with Crippen LogP contribution in [0.1, 0.15) is 32.6 Å². The van der Waals surface area contributed by atoms with Crippen LogP contribution in [-0.2, 0) is 4.74 Å². The predicted octanol–water partition coefficient (Wildman–Crippen LogP) is 3.62. The third-order valence-electron chi connectivity index (χ3n) is 5.04. The minimum atomic E-state index is -0.745. The number of nitrogens with one attached hydrogen (secondary N) is 1. The summed E-state index contributed by atoms with van der Waals surface area (Å²) in [7, 11) is 0. The molecule has 0 saturated heterocycles. The summed E-state index contributed by atoms with van der Waals surface area (Å²) in [5.74, 6) is 0.593. The van der Waals surface area contributed by atoms with Gasteiger partial charge in [-0.1, -0.05) is 41.5 Å². The molecule has 2 aliphatic rings. The summed E-state index contributed by atoms with van der Waals surface area (Å²) in [4.78, 5) is 6.03. The lowest BCUT2D eigenvalue weighted by Crippen LogP contribution is -2.39. The van der Waals surface area contributed by atoms with Gasteiger partial charge in [0.1, 0.15) is 12.5 Å². The molecule has 0 fully saturated rings. The fraction of sp³-hybridized carbons (Fsp3) is 0.591. The Balaban J connectivity index is 1.66. The zero-order chi connectivity index (χ0) is 20.2. The van der Waals surface area contributed by atoms with Gasteiger partial charge in [-0.05, 0) is 51.0 Å². The molecule has 0 spiro atoms. The Morgan fingerprint density at radius 3 is 3.00 bits per heavy atom. The van der Waals surface area contributed by atoms with E-state index in [1.54, 1.807) is 5.57 Å². The number of hydrogen-bond acceptors (Lipinski definition) is 5. The van der Waals surface area contributed by atoms with E-state index in [4.69, 9.17) is 16.3 Å². The number of aliphatic imine (C=N–C) groups is 1. The molecule has 5 nitrogen and oxygen atoms in total. The molecule has 3 atom stereocenters. The van der Waals surface area contributed by atoms with Crippen LogP contribution in [0, 0.1) is 5.92 Å². The van der Waals surface area contributed by atoms with Gasteiger partial charge in [0, 0.05) is 44.2 Å². The maximum absolute atomic E-state index is 9.42. The molecule has 0 aromatic carbocycles. The van der Waals surface area contributed by atoms with Gasteiger partial charge in [0.25, 0.3) is 0 Å². The first kappa shape index (κ1) is 23.0. The monoisotopic (exact) mass is 407 g/mol. The highest BCUT2D eigenvalue weighted by molar-refractivity contribution is 6.31. The van der Waals surface area contributed by atoms with E-state index in [0.717, 1.165) is 50.5 Å². The van der Waals surface area contributed by atoms with E-state index < -0.39 is 6.23 Å². The van der Waals surface area contributed by atoms with Crippen molar-refractivity contribution in [2.45, 2.75) is 45.1 Å². The van der Waals surface area contributed by atoms with E-state index in [-0.39, 0.29) is 6.23 Å². The zero-order valence-corrected chi connectivity index (χ0v) is 17.7. The third kappa shape index (κ3) is 8.84. The molecule has 0 bridgehead atoms. The van der Waals surface area contributed by atoms with Crippen LogP contribution < -0.4 is 5.32 Å². The number of hydrogen-bond donors (Lipinski definition) is 2. The summed E-state index contributed by atoms with van der Waals surface area (Å²) in [6.07, 6.45) is 15.5. The van der Waals surface area contributed by atoms with Crippen LogP contribution in [0.3, 0.4) is 0 Å². The van der Waals surface area contributed by atoms with Gasteiger partial charge in [-0.25, -0.2) is 0 Å². The van der Waals surface area contributed by atoms with Gasteiger partial charge in [-0.15, -0.1) is 0 Å². The summed E-state index contributed by atoms with van der Waals surface area (Å²) >= 11 is 6.00. The number of allylic oxidation sites excluding steroid dienone is 4. The van der Waals surface area contributed by atoms with Gasteiger partial charge in [0.2, 0.25) is 0 Å². The number of nitrogens with zero attached hydrogens (tertiary/aromatic N) is 2. The Morgan fingerprint density at radius 2 is 2.36 bits per heavy atom. The second-order valence-corrected chi connectivity index (χ2v) is 7.65. The summed E-state index contributed by atoms with van der Waals surface area (Å²) in [6, 6.07) is 0. The van der Waals surface area contributed by atoms with Crippen LogP contribution in [0.15, 0.2) is 52.1 Å². The molecule has 2 N–H and O–H groups in total. The van der Waals surface area contributed by atoms with E-state index in [2.05, 4.69) is 40.2 Å². The molecule has 0 saturated carbocycles. The van der Waals surface area contributed by atoms with Crippen molar-refractivity contribution < 1.29 is 9.84 Å². The Labute approximate surface area is 174 Å². The van der Waals surface area contributed by atoms with Crippen molar-refractivity contribution in [1.82, 2.24) is 10.2 Å². The SMILES string of the molecule is C=NC(O)C/C=C/C(NCCN1CC=C(CC2C=CC(Cl)=CC2)CC1)OCC.